The van der Waals surface area contributed by atoms with Crippen LogP contribution in [0.15, 0.2) is 25.8 Å². The SMILES string of the molecule is C=C.C=CCCC.CCC.CCC.CCCC(C)C. The van der Waals surface area contributed by atoms with Gasteiger partial charge in [0.25, 0.3) is 0 Å². The van der Waals surface area contributed by atoms with Crippen molar-refractivity contribution in [3.63, 3.8) is 0 Å². The van der Waals surface area contributed by atoms with E-state index in [0.717, 1.165) is 12.3 Å². The first-order valence-corrected chi connectivity index (χ1v) is 8.12. The summed E-state index contributed by atoms with van der Waals surface area (Å²) in [6.07, 6.45) is 9.52. The second-order valence-electron chi connectivity index (χ2n) is 4.67. The Balaban J connectivity index is -0.0000000457. The average molecular weight is 273 g/mol. The molecule has 0 unspecified atom stereocenters. The lowest BCUT2D eigenvalue weighted by molar-refractivity contribution is 0.576. The maximum atomic E-state index is 3.55. The second kappa shape index (κ2) is 52.8. The molecule has 0 aliphatic heterocycles. The molecular formula is C19H44. The summed E-state index contributed by atoms with van der Waals surface area (Å²) < 4.78 is 0. The standard InChI is InChI=1S/C6H14.C5H10.2C3H8.C2H4/c1-4-5-6(2)3;1-3-5-4-2;2*1-3-2;1-2/h6H,4-5H2,1-3H3;3H,1,4-5H2,2H3;2*3H2,1-2H3;1-2H2. The molecule has 0 rings (SSSR count). The molecule has 0 nitrogen and oxygen atoms in total. The molecule has 0 heteroatoms. The topological polar surface area (TPSA) is 0 Å². The van der Waals surface area contributed by atoms with Crippen molar-refractivity contribution in [1.82, 2.24) is 0 Å². The van der Waals surface area contributed by atoms with E-state index in [-0.39, 0.29) is 0 Å². The van der Waals surface area contributed by atoms with Crippen molar-refractivity contribution < 1.29 is 0 Å². The van der Waals surface area contributed by atoms with Gasteiger partial charge in [-0.2, -0.15) is 0 Å². The molecule has 0 N–H and O–H groups in total. The minimum absolute atomic E-state index is 0.898. The number of hydrogen-bond acceptors (Lipinski definition) is 0. The fourth-order valence-electron chi connectivity index (χ4n) is 0.781. The molecule has 0 aromatic carbocycles. The van der Waals surface area contributed by atoms with E-state index in [1.54, 1.807) is 0 Å². The lowest BCUT2D eigenvalue weighted by Gasteiger charge is -1.95. The predicted octanol–water partition coefficient (Wildman–Crippen LogP) is 8.05. The van der Waals surface area contributed by atoms with Gasteiger partial charge < -0.3 is 0 Å². The summed E-state index contributed by atoms with van der Waals surface area (Å²) in [4.78, 5) is 0. The van der Waals surface area contributed by atoms with E-state index < -0.39 is 0 Å². The van der Waals surface area contributed by atoms with Crippen LogP contribution < -0.4 is 0 Å². The Labute approximate surface area is 126 Å². The lowest BCUT2D eigenvalue weighted by Crippen LogP contribution is -1.81. The first kappa shape index (κ1) is 31.1. The second-order valence-corrected chi connectivity index (χ2v) is 4.67. The summed E-state index contributed by atoms with van der Waals surface area (Å²) >= 11 is 0. The zero-order valence-electron chi connectivity index (χ0n) is 15.5. The molecule has 0 saturated heterocycles. The maximum absolute atomic E-state index is 3.55. The summed E-state index contributed by atoms with van der Waals surface area (Å²) in [7, 11) is 0. The third kappa shape index (κ3) is 209. The first-order chi connectivity index (χ1) is 9.01. The highest BCUT2D eigenvalue weighted by atomic mass is 13.9. The minimum Gasteiger partial charge on any atom is -0.106 e. The van der Waals surface area contributed by atoms with Crippen molar-refractivity contribution in [2.24, 2.45) is 5.92 Å². The van der Waals surface area contributed by atoms with Crippen LogP contribution in [0.3, 0.4) is 0 Å². The molecule has 0 fully saturated rings. The monoisotopic (exact) mass is 272 g/mol. The van der Waals surface area contributed by atoms with Gasteiger partial charge in [0.05, 0.1) is 0 Å². The van der Waals surface area contributed by atoms with Crippen molar-refractivity contribution in [3.05, 3.63) is 25.8 Å². The highest BCUT2D eigenvalue weighted by Gasteiger charge is 1.85. The Morgan fingerprint density at radius 2 is 1.11 bits per heavy atom. The highest BCUT2D eigenvalue weighted by Crippen LogP contribution is 2.00. The van der Waals surface area contributed by atoms with Gasteiger partial charge in [0.15, 0.2) is 0 Å². The summed E-state index contributed by atoms with van der Waals surface area (Å²) in [6, 6.07) is 0. The molecule has 0 aromatic heterocycles. The molecule has 0 aliphatic carbocycles. The van der Waals surface area contributed by atoms with E-state index >= 15 is 0 Å². The molecule has 0 bridgehead atoms. The van der Waals surface area contributed by atoms with Gasteiger partial charge in [-0.05, 0) is 12.3 Å². The summed E-state index contributed by atoms with van der Waals surface area (Å²) in [5.41, 5.74) is 0. The predicted molar refractivity (Wildman–Crippen MR) is 98.0 cm³/mol. The third-order valence-corrected chi connectivity index (χ3v) is 1.36. The van der Waals surface area contributed by atoms with Crippen LogP contribution in [0.2, 0.25) is 0 Å². The smallest absolute Gasteiger partial charge is 0.0356 e. The van der Waals surface area contributed by atoms with Crippen molar-refractivity contribution >= 4 is 0 Å². The Morgan fingerprint density at radius 1 is 0.789 bits per heavy atom. The zero-order valence-corrected chi connectivity index (χ0v) is 15.5. The fraction of sp³-hybridized carbons (Fsp3) is 0.789. The molecule has 0 amide bonds. The van der Waals surface area contributed by atoms with Gasteiger partial charge in [-0.3, -0.25) is 0 Å². The van der Waals surface area contributed by atoms with Crippen molar-refractivity contribution in [3.8, 4) is 0 Å². The van der Waals surface area contributed by atoms with Gasteiger partial charge >= 0.3 is 0 Å². The van der Waals surface area contributed by atoms with Crippen molar-refractivity contribution in [1.29, 1.82) is 0 Å². The van der Waals surface area contributed by atoms with Gasteiger partial charge in [-0.1, -0.05) is 93.6 Å². The molecule has 0 heterocycles. The normalized spacial score (nSPS) is 7.21. The molecule has 0 saturated carbocycles. The first-order valence-electron chi connectivity index (χ1n) is 8.12. The number of unbranched alkanes of at least 4 members (excludes halogenated alkanes) is 1. The van der Waals surface area contributed by atoms with Crippen LogP contribution in [0.25, 0.3) is 0 Å². The molecule has 0 atom stereocenters. The average Bonchev–Trinajstić information content (AvgIpc) is 2.35. The number of allylic oxidation sites excluding steroid dienone is 1. The molecule has 19 heavy (non-hydrogen) atoms. The summed E-state index contributed by atoms with van der Waals surface area (Å²) in [6.45, 7) is 26.9. The maximum Gasteiger partial charge on any atom is -0.0356 e. The molecular weight excluding hydrogens is 228 g/mol. The highest BCUT2D eigenvalue weighted by molar-refractivity contribution is 4.63. The van der Waals surface area contributed by atoms with Crippen LogP contribution in [0.4, 0.5) is 0 Å². The fourth-order valence-corrected chi connectivity index (χ4v) is 0.781. The number of rotatable bonds is 4. The van der Waals surface area contributed by atoms with Crippen molar-refractivity contribution in [2.45, 2.75) is 93.9 Å². The van der Waals surface area contributed by atoms with Crippen LogP contribution in [0.5, 0.6) is 0 Å². The largest absolute Gasteiger partial charge is 0.106 e. The van der Waals surface area contributed by atoms with E-state index in [9.17, 15) is 0 Å². The van der Waals surface area contributed by atoms with Crippen LogP contribution in [-0.2, 0) is 0 Å². The third-order valence-electron chi connectivity index (χ3n) is 1.36. The van der Waals surface area contributed by atoms with Crippen molar-refractivity contribution in [2.75, 3.05) is 0 Å². The van der Waals surface area contributed by atoms with E-state index in [0.29, 0.717) is 0 Å². The van der Waals surface area contributed by atoms with Gasteiger partial charge in [0.2, 0.25) is 0 Å². The lowest BCUT2D eigenvalue weighted by atomic mass is 10.1. The van der Waals surface area contributed by atoms with Crippen LogP contribution in [0, 0.1) is 5.92 Å². The van der Waals surface area contributed by atoms with E-state index in [4.69, 9.17) is 0 Å². The van der Waals surface area contributed by atoms with Gasteiger partial charge in [-0.15, -0.1) is 19.7 Å². The molecule has 0 aliphatic rings. The molecule has 0 spiro atoms. The number of hydrogen-bond donors (Lipinski definition) is 0. The van der Waals surface area contributed by atoms with Gasteiger partial charge in [-0.25, -0.2) is 0 Å². The summed E-state index contributed by atoms with van der Waals surface area (Å²) in [5.74, 6) is 0.898. The Hall–Kier alpha value is -0.520. The van der Waals surface area contributed by atoms with Crippen LogP contribution in [0.1, 0.15) is 93.9 Å². The van der Waals surface area contributed by atoms with E-state index in [2.05, 4.69) is 75.1 Å². The zero-order chi connectivity index (χ0) is 16.5. The van der Waals surface area contributed by atoms with Crippen LogP contribution >= 0.6 is 0 Å². The van der Waals surface area contributed by atoms with E-state index in [1.807, 2.05) is 6.08 Å². The molecule has 0 aromatic rings. The minimum atomic E-state index is 0.898. The Bertz CT molecular complexity index is 90.2. The van der Waals surface area contributed by atoms with Gasteiger partial charge in [0, 0.05) is 0 Å². The summed E-state index contributed by atoms with van der Waals surface area (Å²) in [5, 5.41) is 0. The van der Waals surface area contributed by atoms with E-state index in [1.165, 1.54) is 32.1 Å². The van der Waals surface area contributed by atoms with Crippen LogP contribution in [-0.4, -0.2) is 0 Å². The molecule has 120 valence electrons. The Kier molecular flexibility index (Phi) is 86.4. The quantitative estimate of drug-likeness (QED) is 0.454. The van der Waals surface area contributed by atoms with Gasteiger partial charge in [0.1, 0.15) is 0 Å². The molecule has 0 radical (unpaired) electrons. The Morgan fingerprint density at radius 3 is 1.11 bits per heavy atom.